The zero-order valence-electron chi connectivity index (χ0n) is 13.2. The van der Waals surface area contributed by atoms with Gasteiger partial charge in [-0.1, -0.05) is 29.3 Å². The van der Waals surface area contributed by atoms with Crippen LogP contribution in [0.3, 0.4) is 0 Å². The summed E-state index contributed by atoms with van der Waals surface area (Å²) in [4.78, 5) is 22.3. The van der Waals surface area contributed by atoms with Crippen LogP contribution >= 0.6 is 23.2 Å². The molecular formula is C17H12Cl2N4O3. The Hall–Kier alpha value is -2.90. The van der Waals surface area contributed by atoms with Crippen LogP contribution in [0.1, 0.15) is 15.9 Å². The SMILES string of the molecule is O=C(Nc1ccn(Cc2ccc(Cl)c(Cl)c2)n1)c1ccc([N+](=O)[O-])cc1. The smallest absolute Gasteiger partial charge is 0.269 e. The van der Waals surface area contributed by atoms with Crippen LogP contribution in [0.4, 0.5) is 11.5 Å². The standard InChI is InChI=1S/C17H12Cl2N4O3/c18-14-6-1-11(9-15(14)19)10-22-8-7-16(21-22)20-17(24)12-2-4-13(5-3-12)23(25)26/h1-9H,10H2,(H,20,21,24). The maximum atomic E-state index is 12.2. The molecule has 1 aromatic heterocycles. The summed E-state index contributed by atoms with van der Waals surface area (Å²) >= 11 is 11.9. The monoisotopic (exact) mass is 390 g/mol. The molecule has 9 heteroatoms. The predicted octanol–water partition coefficient (Wildman–Crippen LogP) is 4.40. The highest BCUT2D eigenvalue weighted by Gasteiger charge is 2.11. The number of aromatic nitrogens is 2. The molecule has 0 aliphatic heterocycles. The number of nitro groups is 1. The molecule has 3 rings (SSSR count). The highest BCUT2D eigenvalue weighted by Crippen LogP contribution is 2.23. The molecule has 0 fully saturated rings. The van der Waals surface area contributed by atoms with Gasteiger partial charge in [0.1, 0.15) is 0 Å². The number of amides is 1. The summed E-state index contributed by atoms with van der Waals surface area (Å²) in [5.74, 6) is -0.0342. The van der Waals surface area contributed by atoms with E-state index in [0.717, 1.165) is 5.56 Å². The van der Waals surface area contributed by atoms with E-state index in [0.29, 0.717) is 28.0 Å². The van der Waals surface area contributed by atoms with E-state index in [4.69, 9.17) is 23.2 Å². The molecule has 0 atom stereocenters. The average molecular weight is 391 g/mol. The Labute approximate surface area is 158 Å². The molecule has 1 heterocycles. The molecule has 0 saturated carbocycles. The number of carbonyl (C=O) groups is 1. The van der Waals surface area contributed by atoms with Crippen molar-refractivity contribution in [3.05, 3.63) is 86.0 Å². The summed E-state index contributed by atoms with van der Waals surface area (Å²) in [6, 6.07) is 12.3. The van der Waals surface area contributed by atoms with E-state index in [1.54, 1.807) is 29.1 Å². The number of hydrogen-bond donors (Lipinski definition) is 1. The van der Waals surface area contributed by atoms with E-state index >= 15 is 0 Å². The minimum atomic E-state index is -0.521. The third kappa shape index (κ3) is 4.19. The van der Waals surface area contributed by atoms with Gasteiger partial charge in [0, 0.05) is 30.0 Å². The normalized spacial score (nSPS) is 10.5. The molecule has 0 aliphatic carbocycles. The molecule has 0 aliphatic rings. The van der Waals surface area contributed by atoms with Crippen molar-refractivity contribution >= 4 is 40.6 Å². The van der Waals surface area contributed by atoms with Crippen LogP contribution in [0, 0.1) is 10.1 Å². The molecule has 3 aromatic rings. The zero-order chi connectivity index (χ0) is 18.7. The second-order valence-electron chi connectivity index (χ2n) is 5.41. The minimum absolute atomic E-state index is 0.0764. The summed E-state index contributed by atoms with van der Waals surface area (Å²) in [5, 5.41) is 18.5. The molecule has 0 spiro atoms. The summed E-state index contributed by atoms with van der Waals surface area (Å²) in [7, 11) is 0. The van der Waals surface area contributed by atoms with Crippen LogP contribution in [0.25, 0.3) is 0 Å². The molecule has 1 N–H and O–H groups in total. The van der Waals surface area contributed by atoms with Gasteiger partial charge in [0.05, 0.1) is 21.5 Å². The van der Waals surface area contributed by atoms with Crippen molar-refractivity contribution in [3.8, 4) is 0 Å². The lowest BCUT2D eigenvalue weighted by molar-refractivity contribution is -0.384. The largest absolute Gasteiger partial charge is 0.305 e. The molecule has 0 bridgehead atoms. The highest BCUT2D eigenvalue weighted by atomic mass is 35.5. The topological polar surface area (TPSA) is 90.1 Å². The molecule has 2 aromatic carbocycles. The van der Waals surface area contributed by atoms with Crippen molar-refractivity contribution in [3.63, 3.8) is 0 Å². The number of carbonyl (C=O) groups excluding carboxylic acids is 1. The lowest BCUT2D eigenvalue weighted by Crippen LogP contribution is -2.12. The van der Waals surface area contributed by atoms with Gasteiger partial charge >= 0.3 is 0 Å². The molecule has 132 valence electrons. The first-order valence-electron chi connectivity index (χ1n) is 7.45. The van der Waals surface area contributed by atoms with Gasteiger partial charge in [0.2, 0.25) is 0 Å². The molecule has 0 saturated heterocycles. The number of benzene rings is 2. The fourth-order valence-corrected chi connectivity index (χ4v) is 2.59. The van der Waals surface area contributed by atoms with Gasteiger partial charge in [-0.25, -0.2) is 0 Å². The summed E-state index contributed by atoms with van der Waals surface area (Å²) in [6.07, 6.45) is 1.72. The first-order valence-corrected chi connectivity index (χ1v) is 8.21. The van der Waals surface area contributed by atoms with Crippen molar-refractivity contribution in [2.24, 2.45) is 0 Å². The Morgan fingerprint density at radius 1 is 1.12 bits per heavy atom. The Morgan fingerprint density at radius 3 is 2.50 bits per heavy atom. The second-order valence-corrected chi connectivity index (χ2v) is 6.22. The van der Waals surface area contributed by atoms with Gasteiger partial charge in [-0.15, -0.1) is 0 Å². The molecule has 1 amide bonds. The summed E-state index contributed by atoms with van der Waals surface area (Å²) in [5.41, 5.74) is 1.14. The van der Waals surface area contributed by atoms with Crippen LogP contribution in [0.5, 0.6) is 0 Å². The number of nitro benzene ring substituents is 1. The van der Waals surface area contributed by atoms with Crippen LogP contribution in [-0.4, -0.2) is 20.6 Å². The van der Waals surface area contributed by atoms with E-state index in [2.05, 4.69) is 10.4 Å². The van der Waals surface area contributed by atoms with Crippen molar-refractivity contribution in [2.45, 2.75) is 6.54 Å². The highest BCUT2D eigenvalue weighted by molar-refractivity contribution is 6.42. The molecule has 0 unspecified atom stereocenters. The number of hydrogen-bond acceptors (Lipinski definition) is 4. The van der Waals surface area contributed by atoms with Gasteiger partial charge in [-0.05, 0) is 29.8 Å². The van der Waals surface area contributed by atoms with Gasteiger partial charge in [0.15, 0.2) is 5.82 Å². The Bertz CT molecular complexity index is 970. The summed E-state index contributed by atoms with van der Waals surface area (Å²) < 4.78 is 1.64. The van der Waals surface area contributed by atoms with Gasteiger partial charge in [-0.2, -0.15) is 5.10 Å². The number of nitrogens with zero attached hydrogens (tertiary/aromatic N) is 3. The van der Waals surface area contributed by atoms with Gasteiger partial charge in [-0.3, -0.25) is 19.6 Å². The zero-order valence-corrected chi connectivity index (χ0v) is 14.7. The van der Waals surface area contributed by atoms with Crippen LogP contribution in [-0.2, 0) is 6.54 Å². The third-order valence-corrected chi connectivity index (χ3v) is 4.29. The van der Waals surface area contributed by atoms with Gasteiger partial charge < -0.3 is 5.32 Å². The predicted molar refractivity (Wildman–Crippen MR) is 98.8 cm³/mol. The molecule has 26 heavy (non-hydrogen) atoms. The molecule has 0 radical (unpaired) electrons. The maximum Gasteiger partial charge on any atom is 0.269 e. The Morgan fingerprint density at radius 2 is 1.85 bits per heavy atom. The molecule has 7 nitrogen and oxygen atoms in total. The van der Waals surface area contributed by atoms with E-state index in [1.165, 1.54) is 24.3 Å². The quantitative estimate of drug-likeness (QED) is 0.516. The van der Waals surface area contributed by atoms with Crippen LogP contribution < -0.4 is 5.32 Å². The van der Waals surface area contributed by atoms with Crippen LogP contribution in [0.2, 0.25) is 10.0 Å². The van der Waals surface area contributed by atoms with E-state index in [-0.39, 0.29) is 5.69 Å². The number of anilines is 1. The van der Waals surface area contributed by atoms with E-state index in [1.807, 2.05) is 6.07 Å². The molecular weight excluding hydrogens is 379 g/mol. The fraction of sp³-hybridized carbons (Fsp3) is 0.0588. The third-order valence-electron chi connectivity index (χ3n) is 3.55. The first kappa shape index (κ1) is 17.9. The van der Waals surface area contributed by atoms with E-state index in [9.17, 15) is 14.9 Å². The number of non-ortho nitro benzene ring substituents is 1. The number of nitrogens with one attached hydrogen (secondary N) is 1. The van der Waals surface area contributed by atoms with Crippen LogP contribution in [0.15, 0.2) is 54.7 Å². The average Bonchev–Trinajstić information content (AvgIpc) is 3.05. The van der Waals surface area contributed by atoms with Gasteiger partial charge in [0.25, 0.3) is 11.6 Å². The number of halogens is 2. The van der Waals surface area contributed by atoms with Crippen molar-refractivity contribution in [1.29, 1.82) is 0 Å². The first-order chi connectivity index (χ1) is 12.4. The fourth-order valence-electron chi connectivity index (χ4n) is 2.26. The number of rotatable bonds is 5. The van der Waals surface area contributed by atoms with Crippen molar-refractivity contribution < 1.29 is 9.72 Å². The van der Waals surface area contributed by atoms with E-state index < -0.39 is 10.8 Å². The lowest BCUT2D eigenvalue weighted by atomic mass is 10.2. The lowest BCUT2D eigenvalue weighted by Gasteiger charge is -2.04. The second kappa shape index (κ2) is 7.55. The Kier molecular flexibility index (Phi) is 5.20. The van der Waals surface area contributed by atoms with Crippen molar-refractivity contribution in [1.82, 2.24) is 9.78 Å². The minimum Gasteiger partial charge on any atom is -0.305 e. The summed E-state index contributed by atoms with van der Waals surface area (Å²) in [6.45, 7) is 0.463. The van der Waals surface area contributed by atoms with Crippen molar-refractivity contribution in [2.75, 3.05) is 5.32 Å². The Balaban J connectivity index is 1.66. The maximum absolute atomic E-state index is 12.2.